The van der Waals surface area contributed by atoms with Gasteiger partial charge in [0.1, 0.15) is 5.82 Å². The van der Waals surface area contributed by atoms with Gasteiger partial charge < -0.3 is 15.2 Å². The number of nitrogens with zero attached hydrogens (tertiary/aromatic N) is 2. The molecule has 2 heterocycles. The van der Waals surface area contributed by atoms with Crippen LogP contribution in [0.15, 0.2) is 30.5 Å². The Labute approximate surface area is 141 Å². The minimum absolute atomic E-state index is 0.0336. The van der Waals surface area contributed by atoms with Gasteiger partial charge in [-0.2, -0.15) is 0 Å². The van der Waals surface area contributed by atoms with Crippen LogP contribution in [0.4, 0.5) is 5.69 Å². The summed E-state index contributed by atoms with van der Waals surface area (Å²) in [5, 5.41) is 2.97. The number of aromatic nitrogens is 2. The number of H-pyrrole nitrogens is 1. The van der Waals surface area contributed by atoms with Crippen molar-refractivity contribution in [3.05, 3.63) is 36.2 Å². The molecule has 1 fully saturated rings. The van der Waals surface area contributed by atoms with Gasteiger partial charge in [0.2, 0.25) is 11.8 Å². The lowest BCUT2D eigenvalue weighted by atomic mass is 9.96. The van der Waals surface area contributed by atoms with E-state index in [1.807, 2.05) is 38.1 Å². The fraction of sp³-hybridized carbons (Fsp3) is 0.389. The van der Waals surface area contributed by atoms with Crippen molar-refractivity contribution in [3.63, 3.8) is 0 Å². The van der Waals surface area contributed by atoms with Crippen LogP contribution in [0.25, 0.3) is 11.4 Å². The minimum atomic E-state index is -0.155. The highest BCUT2D eigenvalue weighted by Crippen LogP contribution is 2.22. The number of amides is 2. The molecule has 2 amide bonds. The molecule has 24 heavy (non-hydrogen) atoms. The van der Waals surface area contributed by atoms with Crippen LogP contribution in [0.2, 0.25) is 0 Å². The molecule has 1 aromatic carbocycles. The lowest BCUT2D eigenvalue weighted by Gasteiger charge is -2.31. The number of aromatic amines is 1. The zero-order valence-corrected chi connectivity index (χ0v) is 14.0. The Morgan fingerprint density at radius 2 is 2.29 bits per heavy atom. The SMILES string of the molecule is CCN1CC(C(=O)Nc2cccc(-c3ncc(C)[nH]3)c2)CCC1=O. The third-order valence-corrected chi connectivity index (χ3v) is 4.36. The van der Waals surface area contributed by atoms with Crippen molar-refractivity contribution < 1.29 is 9.59 Å². The Hall–Kier alpha value is -2.63. The fourth-order valence-corrected chi connectivity index (χ4v) is 2.98. The van der Waals surface area contributed by atoms with Crippen LogP contribution in [0, 0.1) is 12.8 Å². The molecule has 2 aromatic rings. The predicted molar refractivity (Wildman–Crippen MR) is 92.4 cm³/mol. The van der Waals surface area contributed by atoms with E-state index in [9.17, 15) is 9.59 Å². The lowest BCUT2D eigenvalue weighted by molar-refractivity contribution is -0.136. The Balaban J connectivity index is 1.69. The maximum absolute atomic E-state index is 12.5. The van der Waals surface area contributed by atoms with Gasteiger partial charge in [0, 0.05) is 42.7 Å². The molecule has 1 aliphatic rings. The monoisotopic (exact) mass is 326 g/mol. The number of hydrogen-bond donors (Lipinski definition) is 2. The van der Waals surface area contributed by atoms with Gasteiger partial charge in [-0.25, -0.2) is 4.98 Å². The molecule has 1 aliphatic heterocycles. The average Bonchev–Trinajstić information content (AvgIpc) is 3.02. The van der Waals surface area contributed by atoms with Crippen LogP contribution >= 0.6 is 0 Å². The topological polar surface area (TPSA) is 78.1 Å². The van der Waals surface area contributed by atoms with E-state index in [-0.39, 0.29) is 17.7 Å². The van der Waals surface area contributed by atoms with Gasteiger partial charge in [0.15, 0.2) is 0 Å². The van der Waals surface area contributed by atoms with E-state index in [0.717, 1.165) is 22.8 Å². The summed E-state index contributed by atoms with van der Waals surface area (Å²) in [6, 6.07) is 7.61. The molecule has 1 aromatic heterocycles. The molecular weight excluding hydrogens is 304 g/mol. The number of rotatable bonds is 4. The summed E-state index contributed by atoms with van der Waals surface area (Å²) in [5.41, 5.74) is 2.66. The minimum Gasteiger partial charge on any atom is -0.342 e. The van der Waals surface area contributed by atoms with Crippen molar-refractivity contribution in [2.45, 2.75) is 26.7 Å². The summed E-state index contributed by atoms with van der Waals surface area (Å²) in [4.78, 5) is 33.5. The van der Waals surface area contributed by atoms with E-state index in [2.05, 4.69) is 15.3 Å². The summed E-state index contributed by atoms with van der Waals surface area (Å²) in [6.07, 6.45) is 2.83. The molecule has 6 nitrogen and oxygen atoms in total. The first kappa shape index (κ1) is 16.2. The molecular formula is C18H22N4O2. The maximum Gasteiger partial charge on any atom is 0.229 e. The fourth-order valence-electron chi connectivity index (χ4n) is 2.98. The normalized spacial score (nSPS) is 17.8. The Morgan fingerprint density at radius 3 is 3.00 bits per heavy atom. The van der Waals surface area contributed by atoms with E-state index >= 15 is 0 Å². The van der Waals surface area contributed by atoms with Crippen LogP contribution in [0.3, 0.4) is 0 Å². The van der Waals surface area contributed by atoms with Crippen molar-refractivity contribution in [1.82, 2.24) is 14.9 Å². The van der Waals surface area contributed by atoms with Gasteiger partial charge >= 0.3 is 0 Å². The van der Waals surface area contributed by atoms with Gasteiger partial charge in [-0.05, 0) is 32.4 Å². The Kier molecular flexibility index (Phi) is 4.64. The van der Waals surface area contributed by atoms with Crippen molar-refractivity contribution in [2.24, 2.45) is 5.92 Å². The standard InChI is InChI=1S/C18H22N4O2/c1-3-22-11-14(7-8-16(22)23)18(24)21-15-6-4-5-13(9-15)17-19-10-12(2)20-17/h4-6,9-10,14H,3,7-8,11H2,1-2H3,(H,19,20)(H,21,24). The van der Waals surface area contributed by atoms with E-state index < -0.39 is 0 Å². The van der Waals surface area contributed by atoms with E-state index in [1.54, 1.807) is 11.1 Å². The van der Waals surface area contributed by atoms with Crippen molar-refractivity contribution in [3.8, 4) is 11.4 Å². The molecule has 0 bridgehead atoms. The molecule has 0 saturated carbocycles. The average molecular weight is 326 g/mol. The smallest absolute Gasteiger partial charge is 0.229 e. The zero-order chi connectivity index (χ0) is 17.1. The zero-order valence-electron chi connectivity index (χ0n) is 14.0. The maximum atomic E-state index is 12.5. The number of carbonyl (C=O) groups is 2. The molecule has 3 rings (SSSR count). The second kappa shape index (κ2) is 6.86. The van der Waals surface area contributed by atoms with E-state index in [1.165, 1.54) is 0 Å². The van der Waals surface area contributed by atoms with Crippen LogP contribution in [-0.4, -0.2) is 39.8 Å². The molecule has 2 N–H and O–H groups in total. The third kappa shape index (κ3) is 3.48. The van der Waals surface area contributed by atoms with E-state index in [0.29, 0.717) is 25.9 Å². The number of hydrogen-bond acceptors (Lipinski definition) is 3. The summed E-state index contributed by atoms with van der Waals surface area (Å²) in [5.74, 6) is 0.728. The highest BCUT2D eigenvalue weighted by Gasteiger charge is 2.29. The number of carbonyl (C=O) groups excluding carboxylic acids is 2. The second-order valence-corrected chi connectivity index (χ2v) is 6.15. The van der Waals surface area contributed by atoms with Crippen LogP contribution in [0.5, 0.6) is 0 Å². The summed E-state index contributed by atoms with van der Waals surface area (Å²) >= 11 is 0. The molecule has 126 valence electrons. The molecule has 0 spiro atoms. The van der Waals surface area contributed by atoms with Gasteiger partial charge in [0.25, 0.3) is 0 Å². The number of likely N-dealkylation sites (tertiary alicyclic amines) is 1. The van der Waals surface area contributed by atoms with Crippen LogP contribution in [0.1, 0.15) is 25.5 Å². The Bertz CT molecular complexity index is 753. The van der Waals surface area contributed by atoms with Gasteiger partial charge in [-0.15, -0.1) is 0 Å². The third-order valence-electron chi connectivity index (χ3n) is 4.36. The second-order valence-electron chi connectivity index (χ2n) is 6.15. The largest absolute Gasteiger partial charge is 0.342 e. The highest BCUT2D eigenvalue weighted by molar-refractivity contribution is 5.94. The van der Waals surface area contributed by atoms with Crippen LogP contribution in [-0.2, 0) is 9.59 Å². The summed E-state index contributed by atoms with van der Waals surface area (Å²) in [7, 11) is 0. The van der Waals surface area contributed by atoms with Gasteiger partial charge in [-0.1, -0.05) is 12.1 Å². The van der Waals surface area contributed by atoms with Crippen molar-refractivity contribution in [2.75, 3.05) is 18.4 Å². The first-order valence-electron chi connectivity index (χ1n) is 8.27. The molecule has 1 unspecified atom stereocenters. The van der Waals surface area contributed by atoms with Gasteiger partial charge in [0.05, 0.1) is 5.92 Å². The molecule has 0 aliphatic carbocycles. The lowest BCUT2D eigenvalue weighted by Crippen LogP contribution is -2.43. The number of imidazole rings is 1. The Morgan fingerprint density at radius 1 is 1.46 bits per heavy atom. The summed E-state index contributed by atoms with van der Waals surface area (Å²) in [6.45, 7) is 5.03. The van der Waals surface area contributed by atoms with Crippen molar-refractivity contribution in [1.29, 1.82) is 0 Å². The number of aryl methyl sites for hydroxylation is 1. The number of benzene rings is 1. The first-order chi connectivity index (χ1) is 11.6. The molecule has 1 atom stereocenters. The predicted octanol–water partition coefficient (Wildman–Crippen LogP) is 2.58. The molecule has 6 heteroatoms. The number of nitrogens with one attached hydrogen (secondary N) is 2. The number of anilines is 1. The van der Waals surface area contributed by atoms with E-state index in [4.69, 9.17) is 0 Å². The van der Waals surface area contributed by atoms with Crippen LogP contribution < -0.4 is 5.32 Å². The quantitative estimate of drug-likeness (QED) is 0.906. The summed E-state index contributed by atoms with van der Waals surface area (Å²) < 4.78 is 0. The van der Waals surface area contributed by atoms with Gasteiger partial charge in [-0.3, -0.25) is 9.59 Å². The first-order valence-corrected chi connectivity index (χ1v) is 8.27. The van der Waals surface area contributed by atoms with Crippen molar-refractivity contribution >= 4 is 17.5 Å². The number of piperidine rings is 1. The highest BCUT2D eigenvalue weighted by atomic mass is 16.2. The molecule has 0 radical (unpaired) electrons. The molecule has 1 saturated heterocycles.